The van der Waals surface area contributed by atoms with Crippen molar-refractivity contribution in [3.05, 3.63) is 24.1 Å². The molecule has 0 N–H and O–H groups in total. The summed E-state index contributed by atoms with van der Waals surface area (Å²) in [6.07, 6.45) is 1.57. The molecule has 1 aromatic heterocycles. The van der Waals surface area contributed by atoms with Crippen molar-refractivity contribution in [3.63, 3.8) is 0 Å². The molecule has 1 aliphatic heterocycles. The highest BCUT2D eigenvalue weighted by atomic mass is 32.2. The molecule has 0 aromatic carbocycles. The van der Waals surface area contributed by atoms with Gasteiger partial charge in [0.05, 0.1) is 6.61 Å². The van der Waals surface area contributed by atoms with Crippen LogP contribution in [0.3, 0.4) is 0 Å². The molecule has 2 heterocycles. The van der Waals surface area contributed by atoms with E-state index in [4.69, 9.17) is 9.26 Å². The van der Waals surface area contributed by atoms with Gasteiger partial charge in [-0.15, -0.1) is 6.58 Å². The van der Waals surface area contributed by atoms with Crippen LogP contribution in [-0.2, 0) is 19.6 Å². The number of hydrogen-bond donors (Lipinski definition) is 0. The number of aromatic nitrogens is 1. The smallest absolute Gasteiger partial charge is 0.251 e. The third-order valence-electron chi connectivity index (χ3n) is 4.14. The number of amides is 1. The van der Waals surface area contributed by atoms with Gasteiger partial charge in [-0.3, -0.25) is 4.79 Å². The highest BCUT2D eigenvalue weighted by molar-refractivity contribution is 7.89. The number of carbonyl (C=O) groups is 1. The van der Waals surface area contributed by atoms with Crippen LogP contribution in [0, 0.1) is 13.8 Å². The van der Waals surface area contributed by atoms with Gasteiger partial charge < -0.3 is 14.2 Å². The van der Waals surface area contributed by atoms with Crippen LogP contribution in [-0.4, -0.2) is 67.6 Å². The molecule has 0 spiro atoms. The summed E-state index contributed by atoms with van der Waals surface area (Å²) in [5.74, 6) is 0.138. The number of ether oxygens (including phenoxy) is 1. The van der Waals surface area contributed by atoms with Gasteiger partial charge in [-0.05, 0) is 27.2 Å². The quantitative estimate of drug-likeness (QED) is 0.696. The van der Waals surface area contributed by atoms with Gasteiger partial charge in [0.15, 0.2) is 5.76 Å². The van der Waals surface area contributed by atoms with Crippen molar-refractivity contribution in [2.24, 2.45) is 0 Å². The van der Waals surface area contributed by atoms with Gasteiger partial charge in [0.1, 0.15) is 16.7 Å². The molecule has 1 unspecified atom stereocenters. The molecule has 2 rings (SSSR count). The van der Waals surface area contributed by atoms with E-state index < -0.39 is 16.1 Å². The lowest BCUT2D eigenvalue weighted by molar-refractivity contribution is -0.141. The SMILES string of the molecule is C=CCOC(C)C(=O)N1CCCN(S(=O)(=O)c2c(C)noc2C)CC1. The molecule has 0 saturated carbocycles. The van der Waals surface area contributed by atoms with Crippen molar-refractivity contribution in [3.8, 4) is 0 Å². The van der Waals surface area contributed by atoms with Crippen molar-refractivity contribution >= 4 is 15.9 Å². The van der Waals surface area contributed by atoms with Crippen molar-refractivity contribution in [1.29, 1.82) is 0 Å². The van der Waals surface area contributed by atoms with Crippen LogP contribution in [0.1, 0.15) is 24.8 Å². The number of aryl methyl sites for hydroxylation is 2. The first-order valence-electron chi connectivity index (χ1n) is 8.23. The molecule has 25 heavy (non-hydrogen) atoms. The second kappa shape index (κ2) is 8.11. The normalized spacial score (nSPS) is 18.0. The molecule has 1 fully saturated rings. The lowest BCUT2D eigenvalue weighted by atomic mass is 10.3. The zero-order valence-corrected chi connectivity index (χ0v) is 15.7. The summed E-state index contributed by atoms with van der Waals surface area (Å²) in [6, 6.07) is 0. The molecule has 140 valence electrons. The van der Waals surface area contributed by atoms with Crippen molar-refractivity contribution in [2.75, 3.05) is 32.8 Å². The minimum Gasteiger partial charge on any atom is -0.365 e. The molecular formula is C16H25N3O5S. The number of rotatable bonds is 6. The second-order valence-electron chi connectivity index (χ2n) is 6.00. The Morgan fingerprint density at radius 2 is 2.08 bits per heavy atom. The predicted molar refractivity (Wildman–Crippen MR) is 91.5 cm³/mol. The molecule has 0 bridgehead atoms. The highest BCUT2D eigenvalue weighted by Crippen LogP contribution is 2.24. The first-order chi connectivity index (χ1) is 11.8. The van der Waals surface area contributed by atoms with E-state index in [2.05, 4.69) is 11.7 Å². The topological polar surface area (TPSA) is 93.0 Å². The van der Waals surface area contributed by atoms with Crippen LogP contribution >= 0.6 is 0 Å². The fraction of sp³-hybridized carbons (Fsp3) is 0.625. The summed E-state index contributed by atoms with van der Waals surface area (Å²) in [6.45, 7) is 10.1. The van der Waals surface area contributed by atoms with E-state index in [1.54, 1.807) is 31.7 Å². The largest absolute Gasteiger partial charge is 0.365 e. The van der Waals surface area contributed by atoms with Crippen LogP contribution in [0.5, 0.6) is 0 Å². The van der Waals surface area contributed by atoms with Crippen LogP contribution in [0.15, 0.2) is 22.1 Å². The number of nitrogens with zero attached hydrogens (tertiary/aromatic N) is 3. The van der Waals surface area contributed by atoms with Gasteiger partial charge in [0, 0.05) is 26.2 Å². The molecule has 1 amide bonds. The van der Waals surface area contributed by atoms with Gasteiger partial charge in [-0.2, -0.15) is 4.31 Å². The minimum absolute atomic E-state index is 0.120. The second-order valence-corrected chi connectivity index (χ2v) is 7.88. The zero-order chi connectivity index (χ0) is 18.6. The molecular weight excluding hydrogens is 346 g/mol. The van der Waals surface area contributed by atoms with Gasteiger partial charge in [0.25, 0.3) is 5.91 Å². The van der Waals surface area contributed by atoms with E-state index in [-0.39, 0.29) is 23.1 Å². The highest BCUT2D eigenvalue weighted by Gasteiger charge is 2.33. The Kier molecular flexibility index (Phi) is 6.36. The fourth-order valence-electron chi connectivity index (χ4n) is 2.87. The molecule has 9 heteroatoms. The van der Waals surface area contributed by atoms with Gasteiger partial charge in [0.2, 0.25) is 10.0 Å². The Balaban J connectivity index is 2.08. The third-order valence-corrected chi connectivity index (χ3v) is 6.29. The predicted octanol–water partition coefficient (Wildman–Crippen LogP) is 1.11. The molecule has 8 nitrogen and oxygen atoms in total. The number of sulfonamides is 1. The van der Waals surface area contributed by atoms with Crippen molar-refractivity contribution in [1.82, 2.24) is 14.4 Å². The van der Waals surface area contributed by atoms with Crippen molar-refractivity contribution < 1.29 is 22.5 Å². The van der Waals surface area contributed by atoms with Gasteiger partial charge in [-0.1, -0.05) is 11.2 Å². The lowest BCUT2D eigenvalue weighted by Gasteiger charge is -2.24. The summed E-state index contributed by atoms with van der Waals surface area (Å²) in [5.41, 5.74) is 0.348. The first-order valence-corrected chi connectivity index (χ1v) is 9.67. The molecule has 1 aliphatic rings. The summed E-state index contributed by atoms with van der Waals surface area (Å²) in [7, 11) is -3.69. The first kappa shape index (κ1) is 19.6. The number of carbonyl (C=O) groups excluding carboxylic acids is 1. The fourth-order valence-corrected chi connectivity index (χ4v) is 4.63. The zero-order valence-electron chi connectivity index (χ0n) is 14.9. The number of hydrogen-bond acceptors (Lipinski definition) is 6. The average molecular weight is 371 g/mol. The van der Waals surface area contributed by atoms with E-state index in [0.717, 1.165) is 0 Å². The van der Waals surface area contributed by atoms with E-state index >= 15 is 0 Å². The Morgan fingerprint density at radius 3 is 2.68 bits per heavy atom. The Labute approximate surface area is 148 Å². The summed E-state index contributed by atoms with van der Waals surface area (Å²) in [4.78, 5) is 14.2. The van der Waals surface area contributed by atoms with E-state index in [0.29, 0.717) is 38.4 Å². The summed E-state index contributed by atoms with van der Waals surface area (Å²) < 4.78 is 37.5. The van der Waals surface area contributed by atoms with E-state index in [1.165, 1.54) is 4.31 Å². The monoisotopic (exact) mass is 371 g/mol. The maximum atomic E-state index is 12.9. The Morgan fingerprint density at radius 1 is 1.36 bits per heavy atom. The van der Waals surface area contributed by atoms with Crippen LogP contribution in [0.4, 0.5) is 0 Å². The van der Waals surface area contributed by atoms with Crippen LogP contribution < -0.4 is 0 Å². The van der Waals surface area contributed by atoms with Gasteiger partial charge in [-0.25, -0.2) is 8.42 Å². The lowest BCUT2D eigenvalue weighted by Crippen LogP contribution is -2.42. The molecule has 1 saturated heterocycles. The van der Waals surface area contributed by atoms with Crippen molar-refractivity contribution in [2.45, 2.75) is 38.2 Å². The van der Waals surface area contributed by atoms with E-state index in [1.807, 2.05) is 0 Å². The minimum atomic E-state index is -3.69. The summed E-state index contributed by atoms with van der Waals surface area (Å²) >= 11 is 0. The maximum Gasteiger partial charge on any atom is 0.251 e. The Bertz CT molecular complexity index is 709. The molecule has 1 atom stereocenters. The molecule has 0 radical (unpaired) electrons. The standard InChI is InChI=1S/C16H25N3O5S/c1-5-11-23-14(4)16(20)18-7-6-8-19(10-9-18)25(21,22)15-12(2)17-24-13(15)3/h5,14H,1,6-11H2,2-4H3. The molecule has 0 aliphatic carbocycles. The van der Waals surface area contributed by atoms with E-state index in [9.17, 15) is 13.2 Å². The van der Waals surface area contributed by atoms with Crippen LogP contribution in [0.2, 0.25) is 0 Å². The third kappa shape index (κ3) is 4.28. The maximum absolute atomic E-state index is 12.9. The van der Waals surface area contributed by atoms with Gasteiger partial charge >= 0.3 is 0 Å². The molecule has 1 aromatic rings. The average Bonchev–Trinajstić information content (AvgIpc) is 2.78. The summed E-state index contributed by atoms with van der Waals surface area (Å²) in [5, 5.41) is 3.73. The van der Waals surface area contributed by atoms with Crippen LogP contribution in [0.25, 0.3) is 0 Å². The Hall–Kier alpha value is -1.71.